The Kier molecular flexibility index (Phi) is 15.7. The maximum atomic E-state index is 14.1. The first-order chi connectivity index (χ1) is 27.6. The lowest BCUT2D eigenvalue weighted by Gasteiger charge is -2.49. The number of rotatable bonds is 12. The summed E-state index contributed by atoms with van der Waals surface area (Å²) in [6, 6.07) is -2.37. The van der Waals surface area contributed by atoms with E-state index < -0.39 is 158 Å². The van der Waals surface area contributed by atoms with Gasteiger partial charge in [0.1, 0.15) is 38.1 Å². The van der Waals surface area contributed by atoms with Crippen LogP contribution in [0, 0.1) is 0 Å². The van der Waals surface area contributed by atoms with Gasteiger partial charge in [0.15, 0.2) is 43.0 Å². The largest absolute Gasteiger partial charge is 0.463 e. The van der Waals surface area contributed by atoms with Gasteiger partial charge in [0, 0.05) is 48.5 Å². The normalized spacial score (nSPS) is 28.9. The molecular weight excluding hydrogens is 846 g/mol. The molecule has 0 spiro atoms. The van der Waals surface area contributed by atoms with E-state index in [4.69, 9.17) is 47.4 Å². The van der Waals surface area contributed by atoms with Gasteiger partial charge in [-0.05, 0) is 0 Å². The number of carbonyl (C=O) groups excluding carboxylic acids is 9. The fourth-order valence-corrected chi connectivity index (χ4v) is 6.12. The number of alkyl halides is 6. The predicted molar refractivity (Wildman–Crippen MR) is 169 cm³/mol. The van der Waals surface area contributed by atoms with Crippen LogP contribution >= 0.6 is 0 Å². The Hall–Kier alpha value is -5.51. The summed E-state index contributed by atoms with van der Waals surface area (Å²) in [4.78, 5) is 110. The molecule has 3 saturated heterocycles. The number of carbonyl (C=O) groups is 9. The summed E-state index contributed by atoms with van der Waals surface area (Å²) in [6.45, 7) is 2.22. The Morgan fingerprint density at radius 1 is 0.600 bits per heavy atom. The third-order valence-corrected chi connectivity index (χ3v) is 8.14. The molecule has 0 aliphatic carbocycles. The molecule has 28 heteroatoms. The van der Waals surface area contributed by atoms with Crippen LogP contribution in [-0.4, -0.2) is 158 Å². The average Bonchev–Trinajstić information content (AvgIpc) is 3.46. The quantitative estimate of drug-likeness (QED) is 0.153. The van der Waals surface area contributed by atoms with Gasteiger partial charge in [-0.25, -0.2) is 4.79 Å². The van der Waals surface area contributed by atoms with Gasteiger partial charge in [0.2, 0.25) is 0 Å². The maximum Gasteiger partial charge on any atom is 0.459 e. The van der Waals surface area contributed by atoms with Gasteiger partial charge in [-0.2, -0.15) is 26.3 Å². The molecule has 0 aromatic heterocycles. The maximum absolute atomic E-state index is 14.1. The molecule has 0 aromatic carbocycles. The molecule has 60 heavy (non-hydrogen) atoms. The van der Waals surface area contributed by atoms with Crippen LogP contribution in [0.2, 0.25) is 0 Å². The van der Waals surface area contributed by atoms with Crippen molar-refractivity contribution < 1.29 is 122 Å². The zero-order chi connectivity index (χ0) is 45.7. The van der Waals surface area contributed by atoms with E-state index >= 15 is 0 Å². The molecule has 10 atom stereocenters. The topological polar surface area (TPSA) is 270 Å². The SMILES string of the molecule is CC(=O)OC[C@H]1O[C@@H](NC(=O)N2CC(=O)OC2(C(F)(F)F)C(F)(F)F)[C@H](OC(C)=O)[C@@H](OC(C)=O)[C@@H]1O[C@@H]1O[C@H](COC(C)=O)[C@@H](OC(C)=O)[C@H](OC(C)=O)[C@H]1OC(C)=O. The first kappa shape index (κ1) is 48.9. The van der Waals surface area contributed by atoms with E-state index in [0.29, 0.717) is 0 Å². The van der Waals surface area contributed by atoms with Gasteiger partial charge in [0.25, 0.3) is 0 Å². The highest BCUT2D eigenvalue weighted by molar-refractivity contribution is 5.85. The van der Waals surface area contributed by atoms with Crippen molar-refractivity contribution in [3.63, 3.8) is 0 Å². The molecule has 3 rings (SSSR count). The van der Waals surface area contributed by atoms with Gasteiger partial charge in [-0.15, -0.1) is 0 Å². The zero-order valence-electron chi connectivity index (χ0n) is 32.3. The Bertz CT molecular complexity index is 1680. The highest BCUT2D eigenvalue weighted by atomic mass is 19.4. The molecule has 1 N–H and O–H groups in total. The Morgan fingerprint density at radius 2 is 1.00 bits per heavy atom. The number of urea groups is 1. The monoisotopic (exact) mass is 884 g/mol. The smallest absolute Gasteiger partial charge is 0.459 e. The van der Waals surface area contributed by atoms with Crippen molar-refractivity contribution in [3.8, 4) is 0 Å². The van der Waals surface area contributed by atoms with E-state index in [2.05, 4.69) is 4.74 Å². The lowest BCUT2D eigenvalue weighted by molar-refractivity contribution is -0.392. The minimum Gasteiger partial charge on any atom is -0.463 e. The lowest BCUT2D eigenvalue weighted by Crippen LogP contribution is -2.71. The number of esters is 8. The molecular formula is C32H38F6N2O20. The van der Waals surface area contributed by atoms with Gasteiger partial charge in [0.05, 0.1) is 0 Å². The number of amides is 2. The first-order valence-electron chi connectivity index (χ1n) is 17.1. The number of hydrogen-bond acceptors (Lipinski definition) is 20. The molecule has 2 amide bonds. The standard InChI is InChI=1S/C32H38F6N2O20/c1-11(41)50-9-18-22(59-28-26(56-17(7)47)24(54-15(5)45)21(52-13(3)43)19(58-28)10-51-12(2)42)23(53-14(4)44)25(55-16(6)46)27(57-18)39-29(49)40-8-20(48)60-30(40,31(33,34)35)32(36,37)38/h18-19,21-28H,8-10H2,1-7H3,(H,39,49)/t18-,19-,21-,22-,23+,24+,25-,26-,27-,28+/m1/s1. The molecule has 0 aromatic rings. The molecule has 3 fully saturated rings. The summed E-state index contributed by atoms with van der Waals surface area (Å²) in [6.07, 6.45) is -33.5. The van der Waals surface area contributed by atoms with Crippen LogP contribution in [0.25, 0.3) is 0 Å². The molecule has 3 aliphatic heterocycles. The number of ether oxygens (including phenoxy) is 11. The number of halogens is 6. The highest BCUT2D eigenvalue weighted by Gasteiger charge is 2.81. The van der Waals surface area contributed by atoms with Crippen LogP contribution in [0.1, 0.15) is 48.5 Å². The second-order valence-corrected chi connectivity index (χ2v) is 12.9. The molecule has 22 nitrogen and oxygen atoms in total. The minimum atomic E-state index is -6.50. The third-order valence-electron chi connectivity index (χ3n) is 8.14. The number of hydrogen-bond donors (Lipinski definition) is 1. The van der Waals surface area contributed by atoms with E-state index in [1.807, 2.05) is 0 Å². The van der Waals surface area contributed by atoms with Crippen LogP contribution in [0.3, 0.4) is 0 Å². The molecule has 0 saturated carbocycles. The van der Waals surface area contributed by atoms with Crippen LogP contribution in [-0.2, 0) is 90.5 Å². The number of cyclic esters (lactones) is 1. The molecule has 338 valence electrons. The zero-order valence-corrected chi connectivity index (χ0v) is 32.3. The van der Waals surface area contributed by atoms with Crippen molar-refractivity contribution in [2.45, 2.75) is 128 Å². The minimum absolute atomic E-state index is 0.718. The van der Waals surface area contributed by atoms with Crippen LogP contribution in [0.4, 0.5) is 31.1 Å². The van der Waals surface area contributed by atoms with E-state index in [1.54, 1.807) is 5.32 Å². The highest BCUT2D eigenvalue weighted by Crippen LogP contribution is 2.50. The summed E-state index contributed by atoms with van der Waals surface area (Å²) >= 11 is 0. The summed E-state index contributed by atoms with van der Waals surface area (Å²) in [7, 11) is 0. The predicted octanol–water partition coefficient (Wildman–Crippen LogP) is -0.00460. The van der Waals surface area contributed by atoms with E-state index in [0.717, 1.165) is 48.5 Å². The third kappa shape index (κ3) is 11.6. The Balaban J connectivity index is 2.22. The fourth-order valence-electron chi connectivity index (χ4n) is 6.12. The number of nitrogens with one attached hydrogen (secondary N) is 1. The Labute approximate surface area is 333 Å². The van der Waals surface area contributed by atoms with Gasteiger partial charge in [-0.3, -0.25) is 43.3 Å². The van der Waals surface area contributed by atoms with Crippen molar-refractivity contribution in [3.05, 3.63) is 0 Å². The van der Waals surface area contributed by atoms with Gasteiger partial charge >= 0.3 is 71.9 Å². The second-order valence-electron chi connectivity index (χ2n) is 12.9. The van der Waals surface area contributed by atoms with E-state index in [-0.39, 0.29) is 0 Å². The van der Waals surface area contributed by atoms with Gasteiger partial charge in [-0.1, -0.05) is 0 Å². The fraction of sp³-hybridized carbons (Fsp3) is 0.719. The first-order valence-corrected chi connectivity index (χ1v) is 17.1. The summed E-state index contributed by atoms with van der Waals surface area (Å²) < 4.78 is 142. The average molecular weight is 885 g/mol. The summed E-state index contributed by atoms with van der Waals surface area (Å²) in [5.41, 5.74) is -5.54. The Morgan fingerprint density at radius 3 is 1.43 bits per heavy atom. The van der Waals surface area contributed by atoms with E-state index in [1.165, 1.54) is 0 Å². The molecule has 3 aliphatic rings. The second kappa shape index (κ2) is 19.3. The summed E-state index contributed by atoms with van der Waals surface area (Å²) in [5.74, 6) is -9.93. The van der Waals surface area contributed by atoms with Crippen molar-refractivity contribution in [2.75, 3.05) is 19.8 Å². The van der Waals surface area contributed by atoms with Crippen molar-refractivity contribution in [1.29, 1.82) is 0 Å². The van der Waals surface area contributed by atoms with Crippen molar-refractivity contribution >= 4 is 53.8 Å². The molecule has 0 unspecified atom stereocenters. The molecule has 3 heterocycles. The lowest BCUT2D eigenvalue weighted by atomic mass is 9.95. The van der Waals surface area contributed by atoms with E-state index in [9.17, 15) is 69.5 Å². The van der Waals surface area contributed by atoms with Crippen LogP contribution < -0.4 is 5.32 Å². The van der Waals surface area contributed by atoms with Crippen LogP contribution in [0.5, 0.6) is 0 Å². The molecule has 0 radical (unpaired) electrons. The molecule has 0 bridgehead atoms. The van der Waals surface area contributed by atoms with Crippen molar-refractivity contribution in [1.82, 2.24) is 10.2 Å². The van der Waals surface area contributed by atoms with Crippen molar-refractivity contribution in [2.24, 2.45) is 0 Å². The summed E-state index contributed by atoms with van der Waals surface area (Å²) in [5, 5.41) is 1.62. The van der Waals surface area contributed by atoms with Gasteiger partial charge < -0.3 is 57.4 Å². The van der Waals surface area contributed by atoms with Crippen LogP contribution in [0.15, 0.2) is 0 Å². The number of nitrogens with zero attached hydrogens (tertiary/aromatic N) is 1.